The lowest BCUT2D eigenvalue weighted by Gasteiger charge is -2.02. The van der Waals surface area contributed by atoms with Crippen molar-refractivity contribution in [3.8, 4) is 0 Å². The Morgan fingerprint density at radius 3 is 2.50 bits per heavy atom. The summed E-state index contributed by atoms with van der Waals surface area (Å²) < 4.78 is 4.73. The lowest BCUT2D eigenvalue weighted by atomic mass is 10.2. The Kier molecular flexibility index (Phi) is 4.20. The molecule has 5 nitrogen and oxygen atoms in total. The number of carbonyl (C=O) groups is 2. The van der Waals surface area contributed by atoms with Crippen LogP contribution in [0.1, 0.15) is 12.5 Å². The molecule has 0 bridgehead atoms. The fourth-order valence-corrected chi connectivity index (χ4v) is 0.982. The number of benzene rings is 1. The maximum Gasteiger partial charge on any atom is 0.381 e. The number of rotatable bonds is 4. The molecular formula is C11H11NO4. The van der Waals surface area contributed by atoms with Crippen LogP contribution in [0.15, 0.2) is 35.5 Å². The quantitative estimate of drug-likeness (QED) is 0.272. The van der Waals surface area contributed by atoms with Gasteiger partial charge in [-0.15, -0.1) is 0 Å². The molecule has 16 heavy (non-hydrogen) atoms. The molecule has 0 aliphatic rings. The summed E-state index contributed by atoms with van der Waals surface area (Å²) in [4.78, 5) is 22.3. The number of hydrogen-bond acceptors (Lipinski definition) is 5. The molecule has 1 aromatic rings. The van der Waals surface area contributed by atoms with Crippen LogP contribution in [-0.4, -0.2) is 22.7 Å². The number of Topliss-reactive ketones (excluding diaryl/α,β-unsaturated/α-hetero) is 1. The van der Waals surface area contributed by atoms with Gasteiger partial charge in [-0.3, -0.25) is 4.79 Å². The molecule has 0 atom stereocenters. The summed E-state index contributed by atoms with van der Waals surface area (Å²) >= 11 is 0. The van der Waals surface area contributed by atoms with Gasteiger partial charge in [-0.05, 0) is 12.5 Å². The minimum atomic E-state index is -1.03. The zero-order chi connectivity index (χ0) is 12.0. The fraction of sp³-hybridized carbons (Fsp3) is 0.182. The van der Waals surface area contributed by atoms with Crippen molar-refractivity contribution < 1.29 is 19.5 Å². The first-order chi connectivity index (χ1) is 7.65. The maximum atomic E-state index is 11.2. The molecule has 0 amide bonds. The second kappa shape index (κ2) is 5.65. The lowest BCUT2D eigenvalue weighted by Crippen LogP contribution is -2.24. The van der Waals surface area contributed by atoms with Crippen molar-refractivity contribution in [1.29, 1.82) is 0 Å². The standard InChI is InChI=1S/C11H11NO4/c1-8(12-15)10(13)11(14)16-7-9-5-3-2-4-6-9/h2-6,15H,7H2,1H3. The predicted molar refractivity (Wildman–Crippen MR) is 56.1 cm³/mol. The third kappa shape index (κ3) is 3.20. The lowest BCUT2D eigenvalue weighted by molar-refractivity contribution is -0.152. The average molecular weight is 221 g/mol. The minimum absolute atomic E-state index is 0.0180. The Hall–Kier alpha value is -2.17. The van der Waals surface area contributed by atoms with Gasteiger partial charge in [0.15, 0.2) is 0 Å². The average Bonchev–Trinajstić information content (AvgIpc) is 2.35. The summed E-state index contributed by atoms with van der Waals surface area (Å²) in [7, 11) is 0. The van der Waals surface area contributed by atoms with Crippen molar-refractivity contribution in [2.24, 2.45) is 5.16 Å². The summed E-state index contributed by atoms with van der Waals surface area (Å²) in [5.74, 6) is -1.97. The van der Waals surface area contributed by atoms with E-state index in [1.54, 1.807) is 24.3 Å². The van der Waals surface area contributed by atoms with Gasteiger partial charge in [0, 0.05) is 0 Å². The molecular weight excluding hydrogens is 210 g/mol. The fourth-order valence-electron chi connectivity index (χ4n) is 0.982. The van der Waals surface area contributed by atoms with Crippen molar-refractivity contribution >= 4 is 17.5 Å². The van der Waals surface area contributed by atoms with Crippen LogP contribution in [0.25, 0.3) is 0 Å². The van der Waals surface area contributed by atoms with Gasteiger partial charge in [-0.2, -0.15) is 0 Å². The van der Waals surface area contributed by atoms with E-state index in [1.807, 2.05) is 6.07 Å². The van der Waals surface area contributed by atoms with Gasteiger partial charge in [0.25, 0.3) is 5.78 Å². The van der Waals surface area contributed by atoms with Crippen molar-refractivity contribution in [3.63, 3.8) is 0 Å². The molecule has 1 rings (SSSR count). The minimum Gasteiger partial charge on any atom is -0.455 e. The van der Waals surface area contributed by atoms with Crippen LogP contribution >= 0.6 is 0 Å². The molecule has 0 aromatic heterocycles. The summed E-state index contributed by atoms with van der Waals surface area (Å²) in [5.41, 5.74) is 0.486. The molecule has 0 saturated carbocycles. The Bertz CT molecular complexity index is 411. The van der Waals surface area contributed by atoms with Crippen molar-refractivity contribution in [2.75, 3.05) is 0 Å². The van der Waals surface area contributed by atoms with Crippen LogP contribution < -0.4 is 0 Å². The number of nitrogens with zero attached hydrogens (tertiary/aromatic N) is 1. The SMILES string of the molecule is CC(=NO)C(=O)C(=O)OCc1ccccc1. The van der Waals surface area contributed by atoms with Gasteiger partial charge >= 0.3 is 5.97 Å². The highest BCUT2D eigenvalue weighted by Crippen LogP contribution is 2.01. The van der Waals surface area contributed by atoms with Gasteiger partial charge in [0.1, 0.15) is 12.3 Å². The zero-order valence-electron chi connectivity index (χ0n) is 8.71. The molecule has 0 saturated heterocycles. The molecule has 0 spiro atoms. The topological polar surface area (TPSA) is 76.0 Å². The van der Waals surface area contributed by atoms with Gasteiger partial charge in [0.2, 0.25) is 0 Å². The number of ether oxygens (including phenoxy) is 1. The molecule has 1 aromatic carbocycles. The number of esters is 1. The number of ketones is 1. The van der Waals surface area contributed by atoms with E-state index in [0.717, 1.165) is 5.56 Å². The van der Waals surface area contributed by atoms with Crippen LogP contribution in [0.5, 0.6) is 0 Å². The van der Waals surface area contributed by atoms with Crippen LogP contribution in [0.4, 0.5) is 0 Å². The van der Waals surface area contributed by atoms with E-state index in [9.17, 15) is 9.59 Å². The summed E-state index contributed by atoms with van der Waals surface area (Å²) in [5, 5.41) is 10.9. The van der Waals surface area contributed by atoms with Crippen molar-refractivity contribution in [1.82, 2.24) is 0 Å². The van der Waals surface area contributed by atoms with Crippen LogP contribution in [-0.2, 0) is 20.9 Å². The largest absolute Gasteiger partial charge is 0.455 e. The molecule has 0 radical (unpaired) electrons. The molecule has 0 aliphatic carbocycles. The molecule has 0 heterocycles. The van der Waals surface area contributed by atoms with Crippen LogP contribution in [0, 0.1) is 0 Å². The number of oxime groups is 1. The molecule has 0 aliphatic heterocycles. The Morgan fingerprint density at radius 2 is 1.94 bits per heavy atom. The second-order valence-corrected chi connectivity index (χ2v) is 3.08. The van der Waals surface area contributed by atoms with Crippen molar-refractivity contribution in [2.45, 2.75) is 13.5 Å². The van der Waals surface area contributed by atoms with E-state index in [1.165, 1.54) is 6.92 Å². The Balaban J connectivity index is 2.51. The molecule has 0 fully saturated rings. The van der Waals surface area contributed by atoms with Gasteiger partial charge in [-0.25, -0.2) is 4.79 Å². The molecule has 5 heteroatoms. The second-order valence-electron chi connectivity index (χ2n) is 3.08. The first kappa shape index (κ1) is 11.9. The Labute approximate surface area is 92.3 Å². The van der Waals surface area contributed by atoms with E-state index >= 15 is 0 Å². The third-order valence-corrected chi connectivity index (χ3v) is 1.88. The number of hydrogen-bond donors (Lipinski definition) is 1. The normalized spacial score (nSPS) is 10.9. The molecule has 1 N–H and O–H groups in total. The Morgan fingerprint density at radius 1 is 1.31 bits per heavy atom. The highest BCUT2D eigenvalue weighted by atomic mass is 16.5. The van der Waals surface area contributed by atoms with Gasteiger partial charge in [0.05, 0.1) is 0 Å². The molecule has 84 valence electrons. The van der Waals surface area contributed by atoms with Gasteiger partial charge < -0.3 is 9.94 Å². The van der Waals surface area contributed by atoms with E-state index in [0.29, 0.717) is 0 Å². The zero-order valence-corrected chi connectivity index (χ0v) is 8.71. The highest BCUT2D eigenvalue weighted by Gasteiger charge is 2.19. The van der Waals surface area contributed by atoms with E-state index in [-0.39, 0.29) is 12.3 Å². The monoisotopic (exact) mass is 221 g/mol. The van der Waals surface area contributed by atoms with E-state index in [4.69, 9.17) is 9.94 Å². The number of carbonyl (C=O) groups excluding carboxylic acids is 2. The van der Waals surface area contributed by atoms with Gasteiger partial charge in [-0.1, -0.05) is 35.5 Å². The summed E-state index contributed by atoms with van der Waals surface area (Å²) in [6.07, 6.45) is 0. The van der Waals surface area contributed by atoms with E-state index in [2.05, 4.69) is 5.16 Å². The highest BCUT2D eigenvalue weighted by molar-refractivity contribution is 6.63. The third-order valence-electron chi connectivity index (χ3n) is 1.88. The summed E-state index contributed by atoms with van der Waals surface area (Å²) in [6, 6.07) is 8.96. The van der Waals surface area contributed by atoms with Crippen molar-refractivity contribution in [3.05, 3.63) is 35.9 Å². The first-order valence-electron chi connectivity index (χ1n) is 4.59. The van der Waals surface area contributed by atoms with Crippen LogP contribution in [0.2, 0.25) is 0 Å². The maximum absolute atomic E-state index is 11.2. The molecule has 0 unspecified atom stereocenters. The first-order valence-corrected chi connectivity index (χ1v) is 4.59. The van der Waals surface area contributed by atoms with E-state index < -0.39 is 11.8 Å². The smallest absolute Gasteiger partial charge is 0.381 e. The summed E-state index contributed by atoms with van der Waals surface area (Å²) in [6.45, 7) is 1.25. The predicted octanol–water partition coefficient (Wildman–Crippen LogP) is 1.15. The van der Waals surface area contributed by atoms with Crippen LogP contribution in [0.3, 0.4) is 0 Å².